The Balaban J connectivity index is 1.89. The van der Waals surface area contributed by atoms with E-state index in [0.29, 0.717) is 11.3 Å². The van der Waals surface area contributed by atoms with Crippen molar-refractivity contribution in [2.24, 2.45) is 0 Å². The fourth-order valence-electron chi connectivity index (χ4n) is 3.37. The summed E-state index contributed by atoms with van der Waals surface area (Å²) in [4.78, 5) is 32.1. The molecule has 3 heterocycles. The Bertz CT molecular complexity index is 1040. The third-order valence-corrected chi connectivity index (χ3v) is 5.76. The van der Waals surface area contributed by atoms with Crippen LogP contribution in [0.1, 0.15) is 29.0 Å². The molecule has 0 bridgehead atoms. The number of amides is 1. The summed E-state index contributed by atoms with van der Waals surface area (Å²) < 4.78 is 0. The van der Waals surface area contributed by atoms with E-state index in [2.05, 4.69) is 11.9 Å². The predicted octanol–water partition coefficient (Wildman–Crippen LogP) is 4.33. The molecule has 0 saturated carbocycles. The Labute approximate surface area is 166 Å². The average molecular weight is 390 g/mol. The average Bonchev–Trinajstić information content (AvgIpc) is 3.35. The van der Waals surface area contributed by atoms with Crippen molar-refractivity contribution in [3.8, 4) is 0 Å². The lowest BCUT2D eigenvalue weighted by molar-refractivity contribution is -0.132. The van der Waals surface area contributed by atoms with E-state index >= 15 is 0 Å². The molecule has 1 amide bonds. The zero-order chi connectivity index (χ0) is 19.7. The number of benzene rings is 1. The van der Waals surface area contributed by atoms with Crippen LogP contribution in [-0.4, -0.2) is 21.8 Å². The summed E-state index contributed by atoms with van der Waals surface area (Å²) in [5.74, 6) is -1.52. The highest BCUT2D eigenvalue weighted by molar-refractivity contribution is 7.10. The fraction of sp³-hybridized carbons (Fsp3) is 0.136. The van der Waals surface area contributed by atoms with Crippen LogP contribution < -0.4 is 4.90 Å². The second-order valence-corrected chi connectivity index (χ2v) is 7.42. The molecule has 5 nitrogen and oxygen atoms in total. The first-order chi connectivity index (χ1) is 13.6. The van der Waals surface area contributed by atoms with Crippen LogP contribution in [0, 0.1) is 0 Å². The minimum atomic E-state index is -0.688. The van der Waals surface area contributed by atoms with Gasteiger partial charge in [-0.25, -0.2) is 0 Å². The van der Waals surface area contributed by atoms with E-state index in [4.69, 9.17) is 0 Å². The summed E-state index contributed by atoms with van der Waals surface area (Å²) in [6.07, 6.45) is 3.96. The standard InChI is InChI=1S/C22H18N2O3S/c1-2-14-5-7-16(8-6-14)24-19(17-4-3-13-28-17)18(21(26)22(24)27)20(25)15-9-11-23-12-10-15/h3-13,19,25H,2H2,1H3/b20-18-. The van der Waals surface area contributed by atoms with Gasteiger partial charge in [-0.3, -0.25) is 19.5 Å². The second kappa shape index (κ2) is 7.40. The molecule has 1 atom stereocenters. The monoisotopic (exact) mass is 390 g/mol. The lowest BCUT2D eigenvalue weighted by atomic mass is 10.00. The largest absolute Gasteiger partial charge is 0.507 e. The summed E-state index contributed by atoms with van der Waals surface area (Å²) >= 11 is 1.44. The normalized spacial score (nSPS) is 18.6. The fourth-order valence-corrected chi connectivity index (χ4v) is 4.20. The summed E-state index contributed by atoms with van der Waals surface area (Å²) in [7, 11) is 0. The number of aromatic nitrogens is 1. The molecule has 0 radical (unpaired) electrons. The van der Waals surface area contributed by atoms with Crippen molar-refractivity contribution in [2.45, 2.75) is 19.4 Å². The summed E-state index contributed by atoms with van der Waals surface area (Å²) in [6.45, 7) is 2.06. The van der Waals surface area contributed by atoms with Crippen molar-refractivity contribution in [3.63, 3.8) is 0 Å². The first-order valence-electron chi connectivity index (χ1n) is 8.95. The maximum atomic E-state index is 12.9. The number of carbonyl (C=O) groups is 2. The lowest BCUT2D eigenvalue weighted by Gasteiger charge is -2.24. The highest BCUT2D eigenvalue weighted by Gasteiger charge is 2.47. The molecule has 3 aromatic rings. The number of anilines is 1. The highest BCUT2D eigenvalue weighted by atomic mass is 32.1. The topological polar surface area (TPSA) is 70.5 Å². The Morgan fingerprint density at radius 3 is 2.43 bits per heavy atom. The molecule has 1 N–H and O–H groups in total. The van der Waals surface area contributed by atoms with Crippen LogP contribution in [0.25, 0.3) is 5.76 Å². The summed E-state index contributed by atoms with van der Waals surface area (Å²) in [6, 6.07) is 13.9. The van der Waals surface area contributed by atoms with Crippen LogP contribution in [0.2, 0.25) is 0 Å². The van der Waals surface area contributed by atoms with Gasteiger partial charge in [0, 0.05) is 28.5 Å². The number of aliphatic hydroxyl groups is 1. The first kappa shape index (κ1) is 18.1. The molecule has 0 aliphatic carbocycles. The van der Waals surface area contributed by atoms with Crippen molar-refractivity contribution < 1.29 is 14.7 Å². The van der Waals surface area contributed by atoms with Gasteiger partial charge in [0.2, 0.25) is 0 Å². The molecule has 0 spiro atoms. The number of aryl methyl sites for hydroxylation is 1. The number of thiophene rings is 1. The van der Waals surface area contributed by atoms with E-state index in [1.807, 2.05) is 41.8 Å². The molecule has 1 aliphatic rings. The maximum Gasteiger partial charge on any atom is 0.300 e. The Morgan fingerprint density at radius 2 is 1.82 bits per heavy atom. The van der Waals surface area contributed by atoms with Gasteiger partial charge in [-0.05, 0) is 47.7 Å². The Kier molecular flexibility index (Phi) is 4.79. The van der Waals surface area contributed by atoms with Crippen molar-refractivity contribution in [3.05, 3.63) is 87.9 Å². The van der Waals surface area contributed by atoms with Crippen molar-refractivity contribution in [2.75, 3.05) is 4.90 Å². The molecule has 6 heteroatoms. The Morgan fingerprint density at radius 1 is 1.11 bits per heavy atom. The lowest BCUT2D eigenvalue weighted by Crippen LogP contribution is -2.29. The molecule has 2 aromatic heterocycles. The van der Waals surface area contributed by atoms with Gasteiger partial charge in [0.15, 0.2) is 0 Å². The minimum Gasteiger partial charge on any atom is -0.507 e. The second-order valence-electron chi connectivity index (χ2n) is 6.44. The van der Waals surface area contributed by atoms with Crippen LogP contribution in [-0.2, 0) is 16.0 Å². The first-order valence-corrected chi connectivity index (χ1v) is 9.83. The van der Waals surface area contributed by atoms with E-state index in [-0.39, 0.29) is 11.3 Å². The van der Waals surface area contributed by atoms with Gasteiger partial charge >= 0.3 is 0 Å². The molecule has 1 fully saturated rings. The predicted molar refractivity (Wildman–Crippen MR) is 109 cm³/mol. The third kappa shape index (κ3) is 3.01. The molecular weight excluding hydrogens is 372 g/mol. The number of hydrogen-bond donors (Lipinski definition) is 1. The van der Waals surface area contributed by atoms with E-state index in [1.54, 1.807) is 12.1 Å². The summed E-state index contributed by atoms with van der Waals surface area (Å²) in [5, 5.41) is 12.8. The van der Waals surface area contributed by atoms with E-state index in [9.17, 15) is 14.7 Å². The molecule has 28 heavy (non-hydrogen) atoms. The number of hydrogen-bond acceptors (Lipinski definition) is 5. The van der Waals surface area contributed by atoms with Gasteiger partial charge in [-0.1, -0.05) is 25.1 Å². The van der Waals surface area contributed by atoms with Crippen LogP contribution in [0.15, 0.2) is 71.9 Å². The highest BCUT2D eigenvalue weighted by Crippen LogP contribution is 2.43. The zero-order valence-electron chi connectivity index (χ0n) is 15.2. The van der Waals surface area contributed by atoms with E-state index < -0.39 is 17.7 Å². The number of nitrogens with zero attached hydrogens (tertiary/aromatic N) is 2. The van der Waals surface area contributed by atoms with E-state index in [0.717, 1.165) is 16.9 Å². The van der Waals surface area contributed by atoms with Crippen molar-refractivity contribution in [1.29, 1.82) is 0 Å². The van der Waals surface area contributed by atoms with Crippen LogP contribution in [0.3, 0.4) is 0 Å². The SMILES string of the molecule is CCc1ccc(N2C(=O)C(=O)/C(=C(\O)c3ccncc3)C2c2cccs2)cc1. The number of aliphatic hydroxyl groups excluding tert-OH is 1. The van der Waals surface area contributed by atoms with Gasteiger partial charge in [0.05, 0.1) is 5.57 Å². The van der Waals surface area contributed by atoms with Crippen molar-refractivity contribution in [1.82, 2.24) is 4.98 Å². The number of carbonyl (C=O) groups excluding carboxylic acids is 2. The van der Waals surface area contributed by atoms with Gasteiger partial charge in [-0.2, -0.15) is 0 Å². The molecular formula is C22H18N2O3S. The number of rotatable bonds is 4. The molecule has 1 aromatic carbocycles. The molecule has 1 saturated heterocycles. The van der Waals surface area contributed by atoms with Gasteiger partial charge in [0.25, 0.3) is 11.7 Å². The van der Waals surface area contributed by atoms with Crippen LogP contribution in [0.5, 0.6) is 0 Å². The summed E-state index contributed by atoms with van der Waals surface area (Å²) in [5.41, 5.74) is 2.32. The third-order valence-electron chi connectivity index (χ3n) is 4.83. The van der Waals surface area contributed by atoms with Crippen LogP contribution in [0.4, 0.5) is 5.69 Å². The smallest absolute Gasteiger partial charge is 0.300 e. The molecule has 4 rings (SSSR count). The zero-order valence-corrected chi connectivity index (χ0v) is 16.0. The Hall–Kier alpha value is -3.25. The number of Topliss-reactive ketones (excluding diaryl/α,β-unsaturated/α-hetero) is 1. The molecule has 140 valence electrons. The number of ketones is 1. The number of pyridine rings is 1. The quantitative estimate of drug-likeness (QED) is 0.409. The van der Waals surface area contributed by atoms with Gasteiger partial charge in [-0.15, -0.1) is 11.3 Å². The van der Waals surface area contributed by atoms with Gasteiger partial charge in [0.1, 0.15) is 11.8 Å². The van der Waals surface area contributed by atoms with Crippen LogP contribution >= 0.6 is 11.3 Å². The maximum absolute atomic E-state index is 12.9. The van der Waals surface area contributed by atoms with Crippen molar-refractivity contribution >= 4 is 34.5 Å². The minimum absolute atomic E-state index is 0.0956. The molecule has 1 unspecified atom stereocenters. The van der Waals surface area contributed by atoms with E-state index in [1.165, 1.54) is 28.6 Å². The van der Waals surface area contributed by atoms with Gasteiger partial charge < -0.3 is 5.11 Å². The molecule has 1 aliphatic heterocycles.